The van der Waals surface area contributed by atoms with Crippen molar-refractivity contribution in [3.05, 3.63) is 0 Å². The van der Waals surface area contributed by atoms with Gasteiger partial charge >= 0.3 is 0 Å². The van der Waals surface area contributed by atoms with Crippen molar-refractivity contribution in [2.24, 2.45) is 17.8 Å². The summed E-state index contributed by atoms with van der Waals surface area (Å²) >= 11 is 0. The highest BCUT2D eigenvalue weighted by molar-refractivity contribution is 4.87. The lowest BCUT2D eigenvalue weighted by Gasteiger charge is -2.44. The van der Waals surface area contributed by atoms with E-state index in [1.807, 2.05) is 0 Å². The summed E-state index contributed by atoms with van der Waals surface area (Å²) in [5.74, 6) is 3.37. The van der Waals surface area contributed by atoms with Gasteiger partial charge in [-0.25, -0.2) is 0 Å². The number of hydrogen-bond donors (Lipinski definition) is 0. The lowest BCUT2D eigenvalue weighted by atomic mass is 9.62. The van der Waals surface area contributed by atoms with Crippen molar-refractivity contribution in [1.82, 2.24) is 0 Å². The highest BCUT2D eigenvalue weighted by Crippen LogP contribution is 2.47. The summed E-state index contributed by atoms with van der Waals surface area (Å²) in [5, 5.41) is 0. The van der Waals surface area contributed by atoms with Crippen LogP contribution in [-0.4, -0.2) is 0 Å². The minimum atomic E-state index is 0. The third-order valence-corrected chi connectivity index (χ3v) is 2.80. The molecule has 0 heteroatoms. The van der Waals surface area contributed by atoms with Gasteiger partial charge < -0.3 is 0 Å². The molecule has 0 heterocycles. The van der Waals surface area contributed by atoms with Crippen LogP contribution < -0.4 is 0 Å². The van der Waals surface area contributed by atoms with E-state index in [-0.39, 0.29) is 7.43 Å². The van der Waals surface area contributed by atoms with E-state index < -0.39 is 0 Å². The minimum Gasteiger partial charge on any atom is -0.0776 e. The highest BCUT2D eigenvalue weighted by Gasteiger charge is 2.35. The monoisotopic (exact) mass is 126 g/mol. The molecule has 3 aliphatic rings. The molecule has 0 aromatic rings. The van der Waals surface area contributed by atoms with Gasteiger partial charge in [0.15, 0.2) is 0 Å². The van der Waals surface area contributed by atoms with Crippen LogP contribution in [0.2, 0.25) is 0 Å². The van der Waals surface area contributed by atoms with Gasteiger partial charge in [-0.05, 0) is 43.4 Å². The first kappa shape index (κ1) is 7.11. The van der Waals surface area contributed by atoms with Crippen molar-refractivity contribution < 1.29 is 0 Å². The molecule has 54 valence electrons. The van der Waals surface area contributed by atoms with E-state index in [2.05, 4.69) is 6.92 Å². The van der Waals surface area contributed by atoms with E-state index in [1.165, 1.54) is 12.8 Å². The smallest absolute Gasteiger partial charge is 0.0406 e. The molecule has 3 aliphatic carbocycles. The zero-order chi connectivity index (χ0) is 5.56. The molecule has 0 atom stereocenters. The van der Waals surface area contributed by atoms with Gasteiger partial charge in [0.1, 0.15) is 0 Å². The molecular weight excluding hydrogens is 108 g/mol. The van der Waals surface area contributed by atoms with E-state index in [0.717, 1.165) is 17.8 Å². The van der Waals surface area contributed by atoms with E-state index in [9.17, 15) is 0 Å². The molecule has 0 aromatic heterocycles. The first-order valence-corrected chi connectivity index (χ1v) is 3.84. The van der Waals surface area contributed by atoms with E-state index in [4.69, 9.17) is 0 Å². The first-order chi connectivity index (χ1) is 3.84. The van der Waals surface area contributed by atoms with Crippen LogP contribution in [0.4, 0.5) is 0 Å². The fourth-order valence-electron chi connectivity index (χ4n) is 2.49. The predicted molar refractivity (Wildman–Crippen MR) is 41.3 cm³/mol. The molecule has 9 heavy (non-hydrogen) atoms. The van der Waals surface area contributed by atoms with Gasteiger partial charge in [-0.3, -0.25) is 0 Å². The van der Waals surface area contributed by atoms with Crippen LogP contribution in [-0.2, 0) is 0 Å². The van der Waals surface area contributed by atoms with Gasteiger partial charge in [-0.1, -0.05) is 14.4 Å². The third-order valence-electron chi connectivity index (χ3n) is 2.80. The average molecular weight is 126 g/mol. The Labute approximate surface area is 58.7 Å². The van der Waals surface area contributed by atoms with Gasteiger partial charge in [0, 0.05) is 0 Å². The summed E-state index contributed by atoms with van der Waals surface area (Å²) in [6.45, 7) is 2.40. The Morgan fingerprint density at radius 1 is 0.889 bits per heavy atom. The molecule has 0 nitrogen and oxygen atoms in total. The van der Waals surface area contributed by atoms with E-state index >= 15 is 0 Å². The Morgan fingerprint density at radius 3 is 1.56 bits per heavy atom. The normalized spacial score (nSPS) is 47.0. The molecule has 3 rings (SSSR count). The maximum Gasteiger partial charge on any atom is -0.0406 e. The van der Waals surface area contributed by atoms with Gasteiger partial charge in [-0.2, -0.15) is 0 Å². The second kappa shape index (κ2) is 2.32. The molecule has 0 N–H and O–H groups in total. The molecule has 0 aromatic carbocycles. The standard InChI is InChI=1S/C8H14.CH4/c1-6-2-7-4-8(3-6)5-7;/h6-8H,2-5H2,1H3;1H4. The van der Waals surface area contributed by atoms with Gasteiger partial charge in [-0.15, -0.1) is 0 Å². The second-order valence-corrected chi connectivity index (χ2v) is 3.78. The van der Waals surface area contributed by atoms with Crippen LogP contribution in [0, 0.1) is 17.8 Å². The van der Waals surface area contributed by atoms with E-state index in [1.54, 1.807) is 12.8 Å². The fourth-order valence-corrected chi connectivity index (χ4v) is 2.49. The van der Waals surface area contributed by atoms with E-state index in [0.29, 0.717) is 0 Å². The van der Waals surface area contributed by atoms with Crippen LogP contribution in [0.15, 0.2) is 0 Å². The average Bonchev–Trinajstić information content (AvgIpc) is 1.62. The zero-order valence-electron chi connectivity index (χ0n) is 5.56. The molecular formula is C9H18. The molecule has 3 saturated carbocycles. The Balaban J connectivity index is 0.000000405. The van der Waals surface area contributed by atoms with Crippen molar-refractivity contribution in [2.75, 3.05) is 0 Å². The molecule has 0 aliphatic heterocycles. The number of fused-ring (bicyclic) bond motifs is 2. The molecule has 0 amide bonds. The Hall–Kier alpha value is 0. The molecule has 0 radical (unpaired) electrons. The predicted octanol–water partition coefficient (Wildman–Crippen LogP) is 3.08. The van der Waals surface area contributed by atoms with Crippen LogP contribution in [0.3, 0.4) is 0 Å². The van der Waals surface area contributed by atoms with Gasteiger partial charge in [0.05, 0.1) is 0 Å². The van der Waals surface area contributed by atoms with Crippen LogP contribution in [0.5, 0.6) is 0 Å². The lowest BCUT2D eigenvalue weighted by Crippen LogP contribution is -2.32. The molecule has 0 saturated heterocycles. The minimum absolute atomic E-state index is 0. The number of hydrogen-bond acceptors (Lipinski definition) is 0. The Kier molecular flexibility index (Phi) is 1.83. The molecule has 2 bridgehead atoms. The highest BCUT2D eigenvalue weighted by atomic mass is 14.4. The van der Waals surface area contributed by atoms with Crippen molar-refractivity contribution in [2.45, 2.75) is 40.0 Å². The summed E-state index contributed by atoms with van der Waals surface area (Å²) < 4.78 is 0. The van der Waals surface area contributed by atoms with Crippen molar-refractivity contribution in [3.8, 4) is 0 Å². The topological polar surface area (TPSA) is 0 Å². The Morgan fingerprint density at radius 2 is 1.33 bits per heavy atom. The maximum atomic E-state index is 2.40. The van der Waals surface area contributed by atoms with Crippen LogP contribution >= 0.6 is 0 Å². The second-order valence-electron chi connectivity index (χ2n) is 3.78. The lowest BCUT2D eigenvalue weighted by molar-refractivity contribution is 0.0751. The largest absolute Gasteiger partial charge is 0.0776 e. The first-order valence-electron chi connectivity index (χ1n) is 3.84. The third kappa shape index (κ3) is 1.12. The zero-order valence-corrected chi connectivity index (χ0v) is 5.56. The number of rotatable bonds is 0. The molecule has 0 spiro atoms. The quantitative estimate of drug-likeness (QED) is 0.468. The van der Waals surface area contributed by atoms with Crippen molar-refractivity contribution >= 4 is 0 Å². The maximum absolute atomic E-state index is 2.40. The molecule has 0 unspecified atom stereocenters. The summed E-state index contributed by atoms with van der Waals surface area (Å²) in [6, 6.07) is 0. The van der Waals surface area contributed by atoms with Gasteiger partial charge in [0.2, 0.25) is 0 Å². The van der Waals surface area contributed by atoms with Crippen LogP contribution in [0.1, 0.15) is 40.0 Å². The van der Waals surface area contributed by atoms with Crippen molar-refractivity contribution in [1.29, 1.82) is 0 Å². The van der Waals surface area contributed by atoms with Gasteiger partial charge in [0.25, 0.3) is 0 Å². The summed E-state index contributed by atoms with van der Waals surface area (Å²) in [5.41, 5.74) is 0. The summed E-state index contributed by atoms with van der Waals surface area (Å²) in [7, 11) is 0. The van der Waals surface area contributed by atoms with Crippen LogP contribution in [0.25, 0.3) is 0 Å². The Bertz CT molecular complexity index is 80.2. The van der Waals surface area contributed by atoms with Crippen molar-refractivity contribution in [3.63, 3.8) is 0 Å². The molecule has 3 fully saturated rings. The summed E-state index contributed by atoms with van der Waals surface area (Å²) in [6.07, 6.45) is 6.22. The SMILES string of the molecule is C.CC1CC2CC(C1)C2. The fraction of sp³-hybridized carbons (Fsp3) is 1.00. The summed E-state index contributed by atoms with van der Waals surface area (Å²) in [4.78, 5) is 0.